The smallest absolute Gasteiger partial charge is 0.257 e. The molecule has 156 valence electrons. The molecule has 1 heterocycles. The fraction of sp³-hybridized carbons (Fsp3) is 0.333. The van der Waals surface area contributed by atoms with Crippen molar-refractivity contribution >= 4 is 41.3 Å². The van der Waals surface area contributed by atoms with Gasteiger partial charge in [-0.1, -0.05) is 48.7 Å². The number of carbonyl (C=O) groups is 1. The summed E-state index contributed by atoms with van der Waals surface area (Å²) < 4.78 is 16.6. The Hall–Kier alpha value is -2.44. The Morgan fingerprint density at radius 3 is 2.45 bits per heavy atom. The summed E-state index contributed by atoms with van der Waals surface area (Å²) in [6.07, 6.45) is 8.47. The molecule has 0 aliphatic rings. The molecule has 1 aromatic heterocycles. The van der Waals surface area contributed by atoms with Crippen LogP contribution in [0, 0.1) is 0 Å². The van der Waals surface area contributed by atoms with E-state index >= 15 is 0 Å². The monoisotopic (exact) mass is 438 g/mol. The van der Waals surface area contributed by atoms with E-state index in [-0.39, 0.29) is 12.5 Å². The van der Waals surface area contributed by atoms with Crippen LogP contribution in [0.15, 0.2) is 24.5 Å². The Morgan fingerprint density at radius 2 is 1.83 bits per heavy atom. The molecule has 0 spiro atoms. The van der Waals surface area contributed by atoms with Gasteiger partial charge in [-0.3, -0.25) is 9.78 Å². The van der Waals surface area contributed by atoms with Gasteiger partial charge < -0.3 is 19.5 Å². The highest BCUT2D eigenvalue weighted by atomic mass is 35.5. The Kier molecular flexibility index (Phi) is 9.09. The minimum absolute atomic E-state index is 0.148. The number of hydrogen-bond acceptors (Lipinski definition) is 5. The van der Waals surface area contributed by atoms with Gasteiger partial charge in [-0.15, -0.1) is 0 Å². The molecule has 0 atom stereocenters. The van der Waals surface area contributed by atoms with Crippen LogP contribution in [0.5, 0.6) is 17.2 Å². The highest BCUT2D eigenvalue weighted by Gasteiger charge is 2.17. The lowest BCUT2D eigenvalue weighted by molar-refractivity contribution is -0.123. The summed E-state index contributed by atoms with van der Waals surface area (Å²) in [6.45, 7) is 2.52. The normalized spacial score (nSPS) is 10.8. The van der Waals surface area contributed by atoms with Crippen LogP contribution in [0.2, 0.25) is 10.0 Å². The number of pyridine rings is 1. The van der Waals surface area contributed by atoms with Gasteiger partial charge in [-0.2, -0.15) is 0 Å². The number of benzene rings is 1. The highest BCUT2D eigenvalue weighted by Crippen LogP contribution is 2.41. The third kappa shape index (κ3) is 6.27. The standard InChI is InChI=1S/C21H24Cl2N2O4/c1-4-5-10-25-19(26)13-29-20-14(7-9-18(27-2)21(20)28-3)6-8-15-16(22)11-24-12-17(15)23/h6-9,11-12H,4-5,10,13H2,1-3H3,(H,25,26). The molecule has 1 N–H and O–H groups in total. The maximum absolute atomic E-state index is 12.1. The van der Waals surface area contributed by atoms with Gasteiger partial charge >= 0.3 is 0 Å². The largest absolute Gasteiger partial charge is 0.493 e. The second-order valence-electron chi connectivity index (χ2n) is 6.06. The van der Waals surface area contributed by atoms with Crippen LogP contribution >= 0.6 is 23.2 Å². The molecular formula is C21H24Cl2N2O4. The van der Waals surface area contributed by atoms with Gasteiger partial charge in [0.05, 0.1) is 24.3 Å². The zero-order valence-corrected chi connectivity index (χ0v) is 18.1. The number of nitrogens with zero attached hydrogens (tertiary/aromatic N) is 1. The summed E-state index contributed by atoms with van der Waals surface area (Å²) >= 11 is 12.4. The molecule has 0 aliphatic heterocycles. The molecule has 0 saturated heterocycles. The number of rotatable bonds is 10. The zero-order chi connectivity index (χ0) is 21.2. The Labute approximate surface area is 180 Å². The van der Waals surface area contributed by atoms with Crippen molar-refractivity contribution < 1.29 is 19.0 Å². The molecule has 1 amide bonds. The number of aromatic nitrogens is 1. The second kappa shape index (κ2) is 11.5. The molecule has 0 bridgehead atoms. The molecule has 29 heavy (non-hydrogen) atoms. The van der Waals surface area contributed by atoms with E-state index in [9.17, 15) is 4.79 Å². The summed E-state index contributed by atoms with van der Waals surface area (Å²) in [5, 5.41) is 3.66. The molecular weight excluding hydrogens is 415 g/mol. The van der Waals surface area contributed by atoms with Crippen LogP contribution < -0.4 is 19.5 Å². The van der Waals surface area contributed by atoms with E-state index in [4.69, 9.17) is 37.4 Å². The van der Waals surface area contributed by atoms with E-state index in [0.717, 1.165) is 12.8 Å². The number of halogens is 2. The van der Waals surface area contributed by atoms with Crippen LogP contribution in [0.25, 0.3) is 12.2 Å². The van der Waals surface area contributed by atoms with E-state index in [1.54, 1.807) is 24.3 Å². The zero-order valence-electron chi connectivity index (χ0n) is 16.6. The van der Waals surface area contributed by atoms with Crippen LogP contribution in [-0.2, 0) is 4.79 Å². The molecule has 0 fully saturated rings. The fourth-order valence-electron chi connectivity index (χ4n) is 2.54. The van der Waals surface area contributed by atoms with Crippen LogP contribution in [0.4, 0.5) is 0 Å². The van der Waals surface area contributed by atoms with E-state index in [0.29, 0.717) is 45.0 Å². The lowest BCUT2D eigenvalue weighted by Crippen LogP contribution is -2.29. The number of methoxy groups -OCH3 is 2. The van der Waals surface area contributed by atoms with Crippen molar-refractivity contribution in [2.75, 3.05) is 27.4 Å². The van der Waals surface area contributed by atoms with Crippen LogP contribution in [-0.4, -0.2) is 38.3 Å². The fourth-order valence-corrected chi connectivity index (χ4v) is 3.03. The SMILES string of the molecule is CCCCNC(=O)COc1c(C=Cc2c(Cl)cncc2Cl)ccc(OC)c1OC. The molecule has 0 radical (unpaired) electrons. The van der Waals surface area contributed by atoms with Gasteiger partial charge in [0, 0.05) is 30.1 Å². The minimum atomic E-state index is -0.210. The third-order valence-electron chi connectivity index (χ3n) is 4.05. The third-order valence-corrected chi connectivity index (χ3v) is 4.65. The van der Waals surface area contributed by atoms with Gasteiger partial charge in [-0.25, -0.2) is 0 Å². The maximum Gasteiger partial charge on any atom is 0.257 e. The number of nitrogens with one attached hydrogen (secondary N) is 1. The van der Waals surface area contributed by atoms with Crippen molar-refractivity contribution in [2.45, 2.75) is 19.8 Å². The first-order chi connectivity index (χ1) is 14.0. The van der Waals surface area contributed by atoms with Crippen molar-refractivity contribution in [1.29, 1.82) is 0 Å². The first-order valence-corrected chi connectivity index (χ1v) is 9.88. The Morgan fingerprint density at radius 1 is 1.10 bits per heavy atom. The van der Waals surface area contributed by atoms with Gasteiger partial charge in [0.25, 0.3) is 5.91 Å². The van der Waals surface area contributed by atoms with E-state index < -0.39 is 0 Å². The summed E-state index contributed by atoms with van der Waals surface area (Å²) in [7, 11) is 3.04. The summed E-state index contributed by atoms with van der Waals surface area (Å²) in [4.78, 5) is 16.0. The number of hydrogen-bond donors (Lipinski definition) is 1. The number of amides is 1. The first kappa shape index (κ1) is 22.8. The number of ether oxygens (including phenoxy) is 3. The molecule has 1 aromatic carbocycles. The minimum Gasteiger partial charge on any atom is -0.493 e. The molecule has 0 unspecified atom stereocenters. The van der Waals surface area contributed by atoms with Gasteiger partial charge in [-0.05, 0) is 18.6 Å². The van der Waals surface area contributed by atoms with E-state index in [1.807, 2.05) is 0 Å². The summed E-state index contributed by atoms with van der Waals surface area (Å²) in [5.74, 6) is 1.06. The van der Waals surface area contributed by atoms with Crippen LogP contribution in [0.3, 0.4) is 0 Å². The first-order valence-electron chi connectivity index (χ1n) is 9.13. The molecule has 0 saturated carbocycles. The van der Waals surface area contributed by atoms with Crippen LogP contribution in [0.1, 0.15) is 30.9 Å². The van der Waals surface area contributed by atoms with Crippen molar-refractivity contribution in [1.82, 2.24) is 10.3 Å². The second-order valence-corrected chi connectivity index (χ2v) is 6.88. The topological polar surface area (TPSA) is 69.7 Å². The number of carbonyl (C=O) groups excluding carboxylic acids is 1. The average Bonchev–Trinajstić information content (AvgIpc) is 2.71. The lowest BCUT2D eigenvalue weighted by atomic mass is 10.1. The predicted molar refractivity (Wildman–Crippen MR) is 116 cm³/mol. The van der Waals surface area contributed by atoms with Gasteiger partial charge in [0.15, 0.2) is 18.1 Å². The van der Waals surface area contributed by atoms with Gasteiger partial charge in [0.1, 0.15) is 0 Å². The quantitative estimate of drug-likeness (QED) is 0.535. The average molecular weight is 439 g/mol. The Bertz CT molecular complexity index is 852. The highest BCUT2D eigenvalue weighted by molar-refractivity contribution is 6.37. The van der Waals surface area contributed by atoms with E-state index in [1.165, 1.54) is 26.6 Å². The van der Waals surface area contributed by atoms with Crippen molar-refractivity contribution in [3.05, 3.63) is 45.7 Å². The van der Waals surface area contributed by atoms with Crippen molar-refractivity contribution in [3.63, 3.8) is 0 Å². The van der Waals surface area contributed by atoms with Gasteiger partial charge in [0.2, 0.25) is 5.75 Å². The maximum atomic E-state index is 12.1. The molecule has 2 rings (SSSR count). The van der Waals surface area contributed by atoms with Crippen molar-refractivity contribution in [3.8, 4) is 17.2 Å². The van der Waals surface area contributed by atoms with Crippen molar-refractivity contribution in [2.24, 2.45) is 0 Å². The summed E-state index contributed by atoms with van der Waals surface area (Å²) in [5.41, 5.74) is 1.30. The van der Waals surface area contributed by atoms with E-state index in [2.05, 4.69) is 17.2 Å². The molecule has 6 nitrogen and oxygen atoms in total. The molecule has 8 heteroatoms. The number of unbranched alkanes of at least 4 members (excludes halogenated alkanes) is 1. The molecule has 2 aromatic rings. The lowest BCUT2D eigenvalue weighted by Gasteiger charge is -2.16. The summed E-state index contributed by atoms with van der Waals surface area (Å²) in [6, 6.07) is 3.55. The Balaban J connectivity index is 2.31. The predicted octanol–water partition coefficient (Wildman–Crippen LogP) is 4.87. The molecule has 0 aliphatic carbocycles.